The summed E-state index contributed by atoms with van der Waals surface area (Å²) in [6.45, 7) is 1.84. The van der Waals surface area contributed by atoms with E-state index in [2.05, 4.69) is 25.6 Å². The number of fused-ring (bicyclic) bond motifs is 1. The maximum absolute atomic E-state index is 12.4. The molecular formula is C18H18ClN5O2. The standard InChI is InChI=1S/C18H18ClN5O2/c1-10(22-18-21-6-5-13(23-18)9-16(25)20-2)14-8-11-7-12(19)3-4-15(11)24-17(14)26/h3-8,10H,9H2,1-2H3,(H,20,25)(H,24,26)(H,21,22,23). The Bertz CT molecular complexity index is 1020. The van der Waals surface area contributed by atoms with Crippen LogP contribution in [0.3, 0.4) is 0 Å². The van der Waals surface area contributed by atoms with Crippen LogP contribution in [0.25, 0.3) is 10.9 Å². The molecule has 0 saturated heterocycles. The van der Waals surface area contributed by atoms with Crippen molar-refractivity contribution in [2.75, 3.05) is 12.4 Å². The second-order valence-corrected chi connectivity index (χ2v) is 6.31. The van der Waals surface area contributed by atoms with Gasteiger partial charge in [0, 0.05) is 34.7 Å². The van der Waals surface area contributed by atoms with Crippen molar-refractivity contribution in [2.24, 2.45) is 0 Å². The van der Waals surface area contributed by atoms with E-state index < -0.39 is 0 Å². The fourth-order valence-corrected chi connectivity index (χ4v) is 2.78. The van der Waals surface area contributed by atoms with Crippen molar-refractivity contribution in [3.8, 4) is 0 Å². The Kier molecular flexibility index (Phi) is 5.18. The summed E-state index contributed by atoms with van der Waals surface area (Å²) in [5.74, 6) is 0.218. The lowest BCUT2D eigenvalue weighted by Crippen LogP contribution is -2.22. The molecule has 3 N–H and O–H groups in total. The van der Waals surface area contributed by atoms with E-state index in [9.17, 15) is 9.59 Å². The van der Waals surface area contributed by atoms with Gasteiger partial charge in [-0.15, -0.1) is 0 Å². The first-order valence-electron chi connectivity index (χ1n) is 8.08. The Balaban J connectivity index is 1.86. The highest BCUT2D eigenvalue weighted by Crippen LogP contribution is 2.21. The number of carbonyl (C=O) groups is 1. The van der Waals surface area contributed by atoms with Gasteiger partial charge >= 0.3 is 0 Å². The number of hydrogen-bond donors (Lipinski definition) is 3. The van der Waals surface area contributed by atoms with Crippen LogP contribution in [0.1, 0.15) is 24.2 Å². The molecule has 0 radical (unpaired) electrons. The van der Waals surface area contributed by atoms with Crippen LogP contribution in [0.5, 0.6) is 0 Å². The molecule has 2 heterocycles. The summed E-state index contributed by atoms with van der Waals surface area (Å²) in [7, 11) is 1.57. The van der Waals surface area contributed by atoms with Gasteiger partial charge in [-0.25, -0.2) is 9.97 Å². The van der Waals surface area contributed by atoms with Gasteiger partial charge in [-0.3, -0.25) is 9.59 Å². The van der Waals surface area contributed by atoms with Crippen molar-refractivity contribution in [2.45, 2.75) is 19.4 Å². The zero-order valence-corrected chi connectivity index (χ0v) is 15.1. The summed E-state index contributed by atoms with van der Waals surface area (Å²) >= 11 is 6.03. The molecule has 0 bridgehead atoms. The van der Waals surface area contributed by atoms with Gasteiger partial charge in [-0.05, 0) is 37.3 Å². The van der Waals surface area contributed by atoms with Crippen molar-refractivity contribution < 1.29 is 4.79 Å². The third-order valence-corrected chi connectivity index (χ3v) is 4.22. The Hall–Kier alpha value is -2.93. The SMILES string of the molecule is CNC(=O)Cc1ccnc(NC(C)c2cc3cc(Cl)ccc3[nH]c2=O)n1. The van der Waals surface area contributed by atoms with Gasteiger partial charge in [-0.1, -0.05) is 11.6 Å². The van der Waals surface area contributed by atoms with Gasteiger partial charge in [0.05, 0.1) is 18.2 Å². The average molecular weight is 372 g/mol. The largest absolute Gasteiger partial charge is 0.359 e. The summed E-state index contributed by atoms with van der Waals surface area (Å²) in [5, 5.41) is 7.10. The molecule has 3 rings (SSSR count). The van der Waals surface area contributed by atoms with Crippen LogP contribution in [0, 0.1) is 0 Å². The third kappa shape index (κ3) is 4.00. The zero-order valence-electron chi connectivity index (χ0n) is 14.3. The first-order chi connectivity index (χ1) is 12.5. The molecule has 0 fully saturated rings. The molecule has 1 atom stereocenters. The van der Waals surface area contributed by atoms with Crippen LogP contribution in [0.4, 0.5) is 5.95 Å². The molecule has 1 amide bonds. The molecule has 0 aliphatic rings. The Morgan fingerprint density at radius 2 is 2.12 bits per heavy atom. The predicted octanol–water partition coefficient (Wildman–Crippen LogP) is 2.43. The minimum atomic E-state index is -0.336. The molecule has 134 valence electrons. The number of aromatic amines is 1. The second-order valence-electron chi connectivity index (χ2n) is 5.87. The molecule has 2 aromatic heterocycles. The lowest BCUT2D eigenvalue weighted by atomic mass is 10.1. The molecule has 26 heavy (non-hydrogen) atoms. The number of rotatable bonds is 5. The maximum atomic E-state index is 12.4. The minimum Gasteiger partial charge on any atom is -0.359 e. The molecule has 1 unspecified atom stereocenters. The molecule has 0 spiro atoms. The number of carbonyl (C=O) groups excluding carboxylic acids is 1. The summed E-state index contributed by atoms with van der Waals surface area (Å²) in [6.07, 6.45) is 1.74. The summed E-state index contributed by atoms with van der Waals surface area (Å²) < 4.78 is 0. The van der Waals surface area contributed by atoms with Gasteiger partial charge in [0.2, 0.25) is 11.9 Å². The van der Waals surface area contributed by atoms with E-state index in [0.29, 0.717) is 22.2 Å². The number of aromatic nitrogens is 3. The number of likely N-dealkylation sites (N-methyl/N-ethyl adjacent to an activating group) is 1. The Morgan fingerprint density at radius 1 is 1.31 bits per heavy atom. The van der Waals surface area contributed by atoms with Crippen molar-refractivity contribution in [3.05, 3.63) is 63.2 Å². The fourth-order valence-electron chi connectivity index (χ4n) is 2.60. The Labute approximate surface area is 154 Å². The smallest absolute Gasteiger partial charge is 0.253 e. The number of nitrogens with one attached hydrogen (secondary N) is 3. The van der Waals surface area contributed by atoms with Gasteiger partial charge in [0.15, 0.2) is 0 Å². The highest BCUT2D eigenvalue weighted by Gasteiger charge is 2.13. The second kappa shape index (κ2) is 7.53. The molecule has 0 aliphatic heterocycles. The fraction of sp³-hybridized carbons (Fsp3) is 0.222. The Morgan fingerprint density at radius 3 is 2.88 bits per heavy atom. The van der Waals surface area contributed by atoms with Crippen molar-refractivity contribution in [1.82, 2.24) is 20.3 Å². The molecule has 0 aliphatic carbocycles. The van der Waals surface area contributed by atoms with Gasteiger partial charge in [0.25, 0.3) is 5.56 Å². The summed E-state index contributed by atoms with van der Waals surface area (Å²) in [6, 6.07) is 8.43. The van der Waals surface area contributed by atoms with Crippen LogP contribution in [-0.2, 0) is 11.2 Å². The molecule has 3 aromatic rings. The van der Waals surface area contributed by atoms with E-state index >= 15 is 0 Å². The van der Waals surface area contributed by atoms with Crippen molar-refractivity contribution in [3.63, 3.8) is 0 Å². The first-order valence-corrected chi connectivity index (χ1v) is 8.45. The zero-order chi connectivity index (χ0) is 18.7. The number of amides is 1. The number of pyridine rings is 1. The topological polar surface area (TPSA) is 99.8 Å². The normalized spacial score (nSPS) is 12.0. The summed E-state index contributed by atoms with van der Waals surface area (Å²) in [4.78, 5) is 35.2. The molecule has 7 nitrogen and oxygen atoms in total. The molecule has 8 heteroatoms. The molecule has 1 aromatic carbocycles. The minimum absolute atomic E-state index is 0.134. The number of halogens is 1. The van der Waals surface area contributed by atoms with Crippen molar-refractivity contribution >= 4 is 34.4 Å². The quantitative estimate of drug-likeness (QED) is 0.639. The van der Waals surface area contributed by atoms with Gasteiger partial charge < -0.3 is 15.6 Å². The first kappa shape index (κ1) is 17.9. The maximum Gasteiger partial charge on any atom is 0.253 e. The van der Waals surface area contributed by atoms with Gasteiger partial charge in [0.1, 0.15) is 0 Å². The van der Waals surface area contributed by atoms with Crippen LogP contribution >= 0.6 is 11.6 Å². The number of nitrogens with zero attached hydrogens (tertiary/aromatic N) is 2. The predicted molar refractivity (Wildman–Crippen MR) is 101 cm³/mol. The van der Waals surface area contributed by atoms with Gasteiger partial charge in [-0.2, -0.15) is 0 Å². The van der Waals surface area contributed by atoms with Crippen LogP contribution < -0.4 is 16.2 Å². The number of H-pyrrole nitrogens is 1. The van der Waals surface area contributed by atoms with E-state index in [0.717, 1.165) is 10.9 Å². The number of hydrogen-bond acceptors (Lipinski definition) is 5. The summed E-state index contributed by atoms with van der Waals surface area (Å²) in [5.41, 5.74) is 1.66. The third-order valence-electron chi connectivity index (χ3n) is 3.98. The average Bonchev–Trinajstić information content (AvgIpc) is 2.61. The molecule has 0 saturated carbocycles. The number of anilines is 1. The highest BCUT2D eigenvalue weighted by atomic mass is 35.5. The lowest BCUT2D eigenvalue weighted by Gasteiger charge is -2.14. The van der Waals surface area contributed by atoms with Crippen molar-refractivity contribution in [1.29, 1.82) is 0 Å². The van der Waals surface area contributed by atoms with Crippen LogP contribution in [0.15, 0.2) is 41.3 Å². The highest BCUT2D eigenvalue weighted by molar-refractivity contribution is 6.31. The lowest BCUT2D eigenvalue weighted by molar-refractivity contribution is -0.120. The van der Waals surface area contributed by atoms with E-state index in [4.69, 9.17) is 11.6 Å². The van der Waals surface area contributed by atoms with E-state index in [1.807, 2.05) is 6.92 Å². The van der Waals surface area contributed by atoms with E-state index in [1.54, 1.807) is 43.6 Å². The van der Waals surface area contributed by atoms with Crippen LogP contribution in [0.2, 0.25) is 5.02 Å². The molecular weight excluding hydrogens is 354 g/mol. The number of benzene rings is 1. The van der Waals surface area contributed by atoms with E-state index in [-0.39, 0.29) is 23.9 Å². The monoisotopic (exact) mass is 371 g/mol. The van der Waals surface area contributed by atoms with Crippen LogP contribution in [-0.4, -0.2) is 27.9 Å². The van der Waals surface area contributed by atoms with E-state index in [1.165, 1.54) is 0 Å².